The van der Waals surface area contributed by atoms with Crippen LogP contribution in [0.3, 0.4) is 0 Å². The van der Waals surface area contributed by atoms with E-state index < -0.39 is 21.7 Å². The molecule has 0 saturated heterocycles. The first-order chi connectivity index (χ1) is 15.2. The number of sulfonamides is 1. The SMILES string of the molecule is CN(C)S(=O)(=O)c1ccc2oc(SCc3nnc(C(=O)Nc4ccc(F)cc4)s3)nc2c1. The molecular formula is C19H16FN5O4S3. The molecule has 0 spiro atoms. The van der Waals surface area contributed by atoms with Crippen molar-refractivity contribution in [1.29, 1.82) is 0 Å². The van der Waals surface area contributed by atoms with Crippen LogP contribution >= 0.6 is 23.1 Å². The minimum absolute atomic E-state index is 0.126. The number of rotatable bonds is 7. The smallest absolute Gasteiger partial charge is 0.286 e. The van der Waals surface area contributed by atoms with Crippen LogP contribution in [-0.4, -0.2) is 47.9 Å². The molecule has 1 amide bonds. The Hall–Kier alpha value is -2.87. The molecule has 2 heterocycles. The van der Waals surface area contributed by atoms with Crippen molar-refractivity contribution in [2.75, 3.05) is 19.4 Å². The highest BCUT2D eigenvalue weighted by Crippen LogP contribution is 2.29. The van der Waals surface area contributed by atoms with Gasteiger partial charge in [-0.05, 0) is 42.5 Å². The van der Waals surface area contributed by atoms with Gasteiger partial charge in [0.25, 0.3) is 11.1 Å². The standard InChI is InChI=1S/C19H16FN5O4S3/c1-25(2)32(27,28)13-7-8-15-14(9-13)22-19(29-15)30-10-16-23-24-18(31-16)17(26)21-12-5-3-11(20)4-6-12/h3-9H,10H2,1-2H3,(H,21,26). The predicted molar refractivity (Wildman–Crippen MR) is 119 cm³/mol. The number of nitrogens with zero attached hydrogens (tertiary/aromatic N) is 4. The van der Waals surface area contributed by atoms with Crippen LogP contribution in [0, 0.1) is 5.82 Å². The molecule has 9 nitrogen and oxygen atoms in total. The summed E-state index contributed by atoms with van der Waals surface area (Å²) in [6, 6.07) is 9.88. The van der Waals surface area contributed by atoms with E-state index in [1.807, 2.05) is 0 Å². The van der Waals surface area contributed by atoms with E-state index in [0.717, 1.165) is 15.6 Å². The number of oxazole rings is 1. The van der Waals surface area contributed by atoms with Crippen molar-refractivity contribution in [3.8, 4) is 0 Å². The van der Waals surface area contributed by atoms with Gasteiger partial charge in [0.15, 0.2) is 5.58 Å². The van der Waals surface area contributed by atoms with Gasteiger partial charge in [0.2, 0.25) is 15.0 Å². The van der Waals surface area contributed by atoms with Crippen molar-refractivity contribution in [1.82, 2.24) is 19.5 Å². The molecule has 0 aliphatic carbocycles. The Balaban J connectivity index is 1.42. The Labute approximate surface area is 190 Å². The van der Waals surface area contributed by atoms with E-state index in [1.54, 1.807) is 6.07 Å². The molecule has 0 aliphatic rings. The number of benzene rings is 2. The second-order valence-corrected chi connectivity index (χ2v) is 10.8. The number of amides is 1. The summed E-state index contributed by atoms with van der Waals surface area (Å²) in [4.78, 5) is 16.7. The number of hydrogen-bond acceptors (Lipinski definition) is 9. The molecule has 0 bridgehead atoms. The largest absolute Gasteiger partial charge is 0.431 e. The Morgan fingerprint density at radius 2 is 1.94 bits per heavy atom. The molecule has 13 heteroatoms. The second-order valence-electron chi connectivity index (χ2n) is 6.65. The fourth-order valence-electron chi connectivity index (χ4n) is 2.56. The molecule has 166 valence electrons. The summed E-state index contributed by atoms with van der Waals surface area (Å²) in [7, 11) is -0.656. The quantitative estimate of drug-likeness (QED) is 0.388. The van der Waals surface area contributed by atoms with E-state index in [1.165, 1.54) is 62.3 Å². The molecule has 0 saturated carbocycles. The highest BCUT2D eigenvalue weighted by molar-refractivity contribution is 7.98. The van der Waals surface area contributed by atoms with Gasteiger partial charge in [0.05, 0.1) is 10.6 Å². The minimum Gasteiger partial charge on any atom is -0.431 e. The van der Waals surface area contributed by atoms with Crippen LogP contribution in [0.2, 0.25) is 0 Å². The topological polar surface area (TPSA) is 118 Å². The summed E-state index contributed by atoms with van der Waals surface area (Å²) in [6.07, 6.45) is 0. The molecular weight excluding hydrogens is 477 g/mol. The maximum atomic E-state index is 13.0. The predicted octanol–water partition coefficient (Wildman–Crippen LogP) is 3.61. The highest BCUT2D eigenvalue weighted by Gasteiger charge is 2.19. The Morgan fingerprint density at radius 3 is 2.66 bits per heavy atom. The number of anilines is 1. The van der Waals surface area contributed by atoms with E-state index in [2.05, 4.69) is 20.5 Å². The van der Waals surface area contributed by atoms with Crippen LogP contribution in [0.5, 0.6) is 0 Å². The normalized spacial score (nSPS) is 11.9. The molecule has 0 atom stereocenters. The van der Waals surface area contributed by atoms with Crippen LogP contribution < -0.4 is 5.32 Å². The third kappa shape index (κ3) is 4.80. The minimum atomic E-state index is -3.57. The molecule has 4 rings (SSSR count). The molecule has 2 aromatic heterocycles. The van der Waals surface area contributed by atoms with Gasteiger partial charge in [-0.15, -0.1) is 10.2 Å². The first-order valence-corrected chi connectivity index (χ1v) is 12.3. The number of aromatic nitrogens is 3. The Kier molecular flexibility index (Phi) is 6.24. The maximum absolute atomic E-state index is 13.0. The molecule has 32 heavy (non-hydrogen) atoms. The van der Waals surface area contributed by atoms with Gasteiger partial charge < -0.3 is 9.73 Å². The fourth-order valence-corrected chi connectivity index (χ4v) is 5.05. The molecule has 0 aliphatic heterocycles. The number of carbonyl (C=O) groups excluding carboxylic acids is 1. The summed E-state index contributed by atoms with van der Waals surface area (Å²) in [6.45, 7) is 0. The lowest BCUT2D eigenvalue weighted by Gasteiger charge is -2.10. The fraction of sp³-hybridized carbons (Fsp3) is 0.158. The first kappa shape index (κ1) is 22.3. The number of fused-ring (bicyclic) bond motifs is 1. The third-order valence-electron chi connectivity index (χ3n) is 4.20. The second kappa shape index (κ2) is 8.94. The number of carbonyl (C=O) groups is 1. The van der Waals surface area contributed by atoms with Gasteiger partial charge in [-0.2, -0.15) is 0 Å². The number of thioether (sulfide) groups is 1. The van der Waals surface area contributed by atoms with Crippen LogP contribution in [0.15, 0.2) is 57.0 Å². The average Bonchev–Trinajstić information content (AvgIpc) is 3.39. The number of halogens is 1. The third-order valence-corrected chi connectivity index (χ3v) is 7.96. The van der Waals surface area contributed by atoms with Crippen LogP contribution in [0.25, 0.3) is 11.1 Å². The van der Waals surface area contributed by atoms with Crippen LogP contribution in [0.4, 0.5) is 10.1 Å². The monoisotopic (exact) mass is 493 g/mol. The van der Waals surface area contributed by atoms with Crippen molar-refractivity contribution in [3.63, 3.8) is 0 Å². The lowest BCUT2D eigenvalue weighted by molar-refractivity contribution is 0.102. The zero-order valence-corrected chi connectivity index (χ0v) is 19.2. The first-order valence-electron chi connectivity index (χ1n) is 9.07. The number of nitrogens with one attached hydrogen (secondary N) is 1. The van der Waals surface area contributed by atoms with Gasteiger partial charge >= 0.3 is 0 Å². The van der Waals surface area contributed by atoms with Crippen molar-refractivity contribution < 1.29 is 22.0 Å². The van der Waals surface area contributed by atoms with Gasteiger partial charge in [-0.1, -0.05) is 23.1 Å². The zero-order chi connectivity index (χ0) is 22.9. The van der Waals surface area contributed by atoms with E-state index in [9.17, 15) is 17.6 Å². The van der Waals surface area contributed by atoms with E-state index >= 15 is 0 Å². The van der Waals surface area contributed by atoms with Crippen molar-refractivity contribution >= 4 is 55.8 Å². The van der Waals surface area contributed by atoms with Crippen LogP contribution in [-0.2, 0) is 15.8 Å². The molecule has 4 aromatic rings. The summed E-state index contributed by atoms with van der Waals surface area (Å²) in [5, 5.41) is 11.6. The van der Waals surface area contributed by atoms with Crippen LogP contribution in [0.1, 0.15) is 14.8 Å². The molecule has 0 unspecified atom stereocenters. The van der Waals surface area contributed by atoms with E-state index in [-0.39, 0.29) is 9.90 Å². The highest BCUT2D eigenvalue weighted by atomic mass is 32.2. The van der Waals surface area contributed by atoms with Crippen molar-refractivity contribution in [2.45, 2.75) is 15.9 Å². The summed E-state index contributed by atoms with van der Waals surface area (Å²) < 4.78 is 44.3. The molecule has 1 N–H and O–H groups in total. The van der Waals surface area contributed by atoms with Crippen molar-refractivity contribution in [3.05, 3.63) is 58.3 Å². The molecule has 2 aromatic carbocycles. The lowest BCUT2D eigenvalue weighted by Crippen LogP contribution is -2.22. The van der Waals surface area contributed by atoms with Gasteiger partial charge in [0.1, 0.15) is 16.3 Å². The lowest BCUT2D eigenvalue weighted by atomic mass is 10.3. The molecule has 0 fully saturated rings. The van der Waals surface area contributed by atoms with Gasteiger partial charge in [-0.3, -0.25) is 4.79 Å². The van der Waals surface area contributed by atoms with Crippen molar-refractivity contribution in [2.24, 2.45) is 0 Å². The summed E-state index contributed by atoms with van der Waals surface area (Å²) >= 11 is 2.36. The Morgan fingerprint density at radius 1 is 1.19 bits per heavy atom. The van der Waals surface area contributed by atoms with Gasteiger partial charge in [-0.25, -0.2) is 22.1 Å². The zero-order valence-electron chi connectivity index (χ0n) is 16.8. The van der Waals surface area contributed by atoms with E-state index in [4.69, 9.17) is 4.42 Å². The summed E-state index contributed by atoms with van der Waals surface area (Å²) in [5.74, 6) is -0.480. The molecule has 0 radical (unpaired) electrons. The van der Waals surface area contributed by atoms with E-state index in [0.29, 0.717) is 32.8 Å². The summed E-state index contributed by atoms with van der Waals surface area (Å²) in [5.41, 5.74) is 1.33. The van der Waals surface area contributed by atoms with Gasteiger partial charge in [0, 0.05) is 19.8 Å². The maximum Gasteiger partial charge on any atom is 0.286 e. The average molecular weight is 494 g/mol. The number of hydrogen-bond donors (Lipinski definition) is 1. The Bertz CT molecular complexity index is 1380.